The first kappa shape index (κ1) is 9.72. The van der Waals surface area contributed by atoms with Gasteiger partial charge in [0.15, 0.2) is 0 Å². The maximum Gasteiger partial charge on any atom is 0.131 e. The van der Waals surface area contributed by atoms with Gasteiger partial charge in [0.25, 0.3) is 0 Å². The van der Waals surface area contributed by atoms with Gasteiger partial charge in [-0.3, -0.25) is 4.79 Å². The van der Waals surface area contributed by atoms with Crippen LogP contribution in [0, 0.1) is 11.8 Å². The molecule has 2 atom stereocenters. The minimum absolute atomic E-state index is 0.308. The van der Waals surface area contributed by atoms with Crippen LogP contribution in [0.3, 0.4) is 0 Å². The molecular weight excluding hydrogens is 150 g/mol. The van der Waals surface area contributed by atoms with Crippen LogP contribution in [-0.4, -0.2) is 30.3 Å². The van der Waals surface area contributed by atoms with Gasteiger partial charge in [0, 0.05) is 26.1 Å². The molecule has 0 radical (unpaired) electrons. The maximum absolute atomic E-state index is 10.7. The SMILES string of the molecule is CC(=O)CCN1CC(C)C(C)C1. The van der Waals surface area contributed by atoms with Crippen molar-refractivity contribution >= 4 is 5.78 Å². The molecule has 12 heavy (non-hydrogen) atoms. The molecule has 1 aliphatic heterocycles. The van der Waals surface area contributed by atoms with E-state index in [9.17, 15) is 4.79 Å². The van der Waals surface area contributed by atoms with Crippen LogP contribution in [0.15, 0.2) is 0 Å². The summed E-state index contributed by atoms with van der Waals surface area (Å²) in [5.41, 5.74) is 0. The molecule has 0 bridgehead atoms. The number of nitrogens with zero attached hydrogens (tertiary/aromatic N) is 1. The molecule has 0 N–H and O–H groups in total. The standard InChI is InChI=1S/C10H19NO/c1-8-6-11(7-9(8)2)5-4-10(3)12/h8-9H,4-7H2,1-3H3. The second-order valence-electron chi connectivity index (χ2n) is 4.17. The molecule has 0 amide bonds. The smallest absolute Gasteiger partial charge is 0.131 e. The molecule has 70 valence electrons. The van der Waals surface area contributed by atoms with Crippen molar-refractivity contribution < 1.29 is 4.79 Å². The van der Waals surface area contributed by atoms with E-state index in [4.69, 9.17) is 0 Å². The van der Waals surface area contributed by atoms with E-state index in [1.54, 1.807) is 6.92 Å². The number of Topliss-reactive ketones (excluding diaryl/α,β-unsaturated/α-hetero) is 1. The molecule has 0 aromatic heterocycles. The topological polar surface area (TPSA) is 20.3 Å². The molecule has 0 aliphatic carbocycles. The minimum Gasteiger partial charge on any atom is -0.302 e. The van der Waals surface area contributed by atoms with E-state index in [1.807, 2.05) is 0 Å². The van der Waals surface area contributed by atoms with Crippen LogP contribution in [0.1, 0.15) is 27.2 Å². The van der Waals surface area contributed by atoms with Gasteiger partial charge in [-0.25, -0.2) is 0 Å². The lowest BCUT2D eigenvalue weighted by atomic mass is 10.0. The molecule has 2 nitrogen and oxygen atoms in total. The third kappa shape index (κ3) is 2.59. The van der Waals surface area contributed by atoms with Gasteiger partial charge >= 0.3 is 0 Å². The fourth-order valence-corrected chi connectivity index (χ4v) is 1.75. The lowest BCUT2D eigenvalue weighted by Gasteiger charge is -2.13. The van der Waals surface area contributed by atoms with Crippen molar-refractivity contribution in [2.24, 2.45) is 11.8 Å². The number of rotatable bonds is 3. The zero-order valence-corrected chi connectivity index (χ0v) is 8.34. The quantitative estimate of drug-likeness (QED) is 0.639. The van der Waals surface area contributed by atoms with Crippen LogP contribution in [0.25, 0.3) is 0 Å². The Balaban J connectivity index is 2.23. The molecule has 0 saturated carbocycles. The van der Waals surface area contributed by atoms with E-state index in [1.165, 1.54) is 13.1 Å². The summed E-state index contributed by atoms with van der Waals surface area (Å²) in [4.78, 5) is 13.1. The van der Waals surface area contributed by atoms with Gasteiger partial charge in [0.2, 0.25) is 0 Å². The summed E-state index contributed by atoms with van der Waals surface area (Å²) in [7, 11) is 0. The van der Waals surface area contributed by atoms with E-state index >= 15 is 0 Å². The van der Waals surface area contributed by atoms with E-state index in [2.05, 4.69) is 18.7 Å². The Labute approximate surface area is 74.9 Å². The Kier molecular flexibility index (Phi) is 3.27. The Morgan fingerprint density at radius 1 is 1.33 bits per heavy atom. The molecule has 1 fully saturated rings. The Morgan fingerprint density at radius 2 is 1.83 bits per heavy atom. The molecule has 0 aromatic rings. The highest BCUT2D eigenvalue weighted by atomic mass is 16.1. The van der Waals surface area contributed by atoms with Crippen molar-refractivity contribution in [3.63, 3.8) is 0 Å². The predicted molar refractivity (Wildman–Crippen MR) is 50.1 cm³/mol. The van der Waals surface area contributed by atoms with Gasteiger partial charge in [0.05, 0.1) is 0 Å². The Bertz CT molecular complexity index is 157. The lowest BCUT2D eigenvalue weighted by molar-refractivity contribution is -0.117. The summed E-state index contributed by atoms with van der Waals surface area (Å²) >= 11 is 0. The van der Waals surface area contributed by atoms with Crippen molar-refractivity contribution in [3.8, 4) is 0 Å². The number of likely N-dealkylation sites (tertiary alicyclic amines) is 1. The molecular formula is C10H19NO. The zero-order chi connectivity index (χ0) is 9.14. The number of carbonyl (C=O) groups is 1. The van der Waals surface area contributed by atoms with Gasteiger partial charge < -0.3 is 4.90 Å². The van der Waals surface area contributed by atoms with Gasteiger partial charge in [-0.1, -0.05) is 13.8 Å². The van der Waals surface area contributed by atoms with Crippen molar-refractivity contribution in [3.05, 3.63) is 0 Å². The van der Waals surface area contributed by atoms with Crippen molar-refractivity contribution in [1.82, 2.24) is 4.90 Å². The molecule has 2 unspecified atom stereocenters. The van der Waals surface area contributed by atoms with E-state index in [-0.39, 0.29) is 0 Å². The summed E-state index contributed by atoms with van der Waals surface area (Å²) < 4.78 is 0. The molecule has 1 heterocycles. The zero-order valence-electron chi connectivity index (χ0n) is 8.34. The fourth-order valence-electron chi connectivity index (χ4n) is 1.75. The van der Waals surface area contributed by atoms with Crippen molar-refractivity contribution in [1.29, 1.82) is 0 Å². The van der Waals surface area contributed by atoms with Gasteiger partial charge in [-0.15, -0.1) is 0 Å². The number of hydrogen-bond acceptors (Lipinski definition) is 2. The van der Waals surface area contributed by atoms with E-state index < -0.39 is 0 Å². The van der Waals surface area contributed by atoms with Crippen LogP contribution in [-0.2, 0) is 4.79 Å². The normalized spacial score (nSPS) is 30.9. The first-order valence-electron chi connectivity index (χ1n) is 4.81. The highest BCUT2D eigenvalue weighted by molar-refractivity contribution is 5.75. The summed E-state index contributed by atoms with van der Waals surface area (Å²) in [6.45, 7) is 9.56. The second kappa shape index (κ2) is 4.04. The largest absolute Gasteiger partial charge is 0.302 e. The highest BCUT2D eigenvalue weighted by Gasteiger charge is 2.25. The molecule has 0 aromatic carbocycles. The monoisotopic (exact) mass is 169 g/mol. The predicted octanol–water partition coefficient (Wildman–Crippen LogP) is 1.55. The fraction of sp³-hybridized carbons (Fsp3) is 0.900. The Hall–Kier alpha value is -0.370. The highest BCUT2D eigenvalue weighted by Crippen LogP contribution is 2.21. The van der Waals surface area contributed by atoms with Crippen LogP contribution < -0.4 is 0 Å². The first-order chi connectivity index (χ1) is 5.59. The van der Waals surface area contributed by atoms with Gasteiger partial charge in [-0.2, -0.15) is 0 Å². The average Bonchev–Trinajstić information content (AvgIpc) is 2.28. The summed E-state index contributed by atoms with van der Waals surface area (Å²) in [5.74, 6) is 1.91. The third-order valence-corrected chi connectivity index (χ3v) is 2.84. The van der Waals surface area contributed by atoms with Gasteiger partial charge in [0.1, 0.15) is 5.78 Å². The third-order valence-electron chi connectivity index (χ3n) is 2.84. The first-order valence-corrected chi connectivity index (χ1v) is 4.81. The van der Waals surface area contributed by atoms with Crippen LogP contribution >= 0.6 is 0 Å². The van der Waals surface area contributed by atoms with Crippen LogP contribution in [0.5, 0.6) is 0 Å². The molecule has 1 saturated heterocycles. The number of carbonyl (C=O) groups excluding carboxylic acids is 1. The molecule has 1 aliphatic rings. The maximum atomic E-state index is 10.7. The van der Waals surface area contributed by atoms with Crippen LogP contribution in [0.2, 0.25) is 0 Å². The van der Waals surface area contributed by atoms with E-state index in [0.29, 0.717) is 5.78 Å². The molecule has 2 heteroatoms. The van der Waals surface area contributed by atoms with Crippen molar-refractivity contribution in [2.45, 2.75) is 27.2 Å². The Morgan fingerprint density at radius 3 is 2.25 bits per heavy atom. The van der Waals surface area contributed by atoms with Crippen molar-refractivity contribution in [2.75, 3.05) is 19.6 Å². The lowest BCUT2D eigenvalue weighted by Crippen LogP contribution is -2.23. The van der Waals surface area contributed by atoms with Gasteiger partial charge in [-0.05, 0) is 18.8 Å². The summed E-state index contributed by atoms with van der Waals surface area (Å²) in [6, 6.07) is 0. The average molecular weight is 169 g/mol. The second-order valence-corrected chi connectivity index (χ2v) is 4.17. The summed E-state index contributed by atoms with van der Waals surface area (Å²) in [6.07, 6.45) is 0.722. The minimum atomic E-state index is 0.308. The number of ketones is 1. The number of hydrogen-bond donors (Lipinski definition) is 0. The molecule has 1 rings (SSSR count). The van der Waals surface area contributed by atoms with Crippen LogP contribution in [0.4, 0.5) is 0 Å². The molecule has 0 spiro atoms. The summed E-state index contributed by atoms with van der Waals surface area (Å²) in [5, 5.41) is 0. The van der Waals surface area contributed by atoms with E-state index in [0.717, 1.165) is 24.8 Å².